The minimum atomic E-state index is -0.782. The van der Waals surface area contributed by atoms with Gasteiger partial charge in [-0.25, -0.2) is 9.59 Å². The lowest BCUT2D eigenvalue weighted by atomic mass is 10.1. The van der Waals surface area contributed by atoms with Crippen LogP contribution in [0.2, 0.25) is 0 Å². The first-order chi connectivity index (χ1) is 12.3. The van der Waals surface area contributed by atoms with Gasteiger partial charge >= 0.3 is 11.6 Å². The lowest BCUT2D eigenvalue weighted by Crippen LogP contribution is -2.28. The predicted octanol–water partition coefficient (Wildman–Crippen LogP) is 4.09. The molecule has 0 saturated carbocycles. The first-order valence-corrected chi connectivity index (χ1v) is 8.34. The van der Waals surface area contributed by atoms with Gasteiger partial charge in [-0.2, -0.15) is 0 Å². The van der Waals surface area contributed by atoms with Crippen molar-refractivity contribution in [2.75, 3.05) is 0 Å². The fourth-order valence-electron chi connectivity index (χ4n) is 2.66. The van der Waals surface area contributed by atoms with Gasteiger partial charge in [0.05, 0.1) is 0 Å². The zero-order chi connectivity index (χ0) is 18.8. The first-order valence-electron chi connectivity index (χ1n) is 8.34. The zero-order valence-corrected chi connectivity index (χ0v) is 15.2. The molecule has 1 unspecified atom stereocenters. The summed E-state index contributed by atoms with van der Waals surface area (Å²) in [5.74, 6) is 0.419. The number of carbonyl (C=O) groups is 1. The van der Waals surface area contributed by atoms with E-state index >= 15 is 0 Å². The van der Waals surface area contributed by atoms with Gasteiger partial charge in [-0.3, -0.25) is 0 Å². The lowest BCUT2D eigenvalue weighted by Gasteiger charge is -2.16. The van der Waals surface area contributed by atoms with Gasteiger partial charge in [-0.05, 0) is 62.6 Å². The summed E-state index contributed by atoms with van der Waals surface area (Å²) in [6.07, 6.45) is -0.782. The average molecular weight is 352 g/mol. The van der Waals surface area contributed by atoms with E-state index in [0.717, 1.165) is 22.1 Å². The number of aryl methyl sites for hydroxylation is 2. The Kier molecular flexibility index (Phi) is 4.80. The van der Waals surface area contributed by atoms with Gasteiger partial charge < -0.3 is 13.9 Å². The van der Waals surface area contributed by atoms with Crippen LogP contribution in [0.5, 0.6) is 11.5 Å². The van der Waals surface area contributed by atoms with E-state index in [-0.39, 0.29) is 0 Å². The summed E-state index contributed by atoms with van der Waals surface area (Å²) in [5.41, 5.74) is 2.81. The highest BCUT2D eigenvalue weighted by Crippen LogP contribution is 2.24. The molecule has 0 spiro atoms. The van der Waals surface area contributed by atoms with Crippen LogP contribution in [0.1, 0.15) is 23.6 Å². The molecule has 3 rings (SSSR count). The third-order valence-corrected chi connectivity index (χ3v) is 4.33. The van der Waals surface area contributed by atoms with Gasteiger partial charge in [0.15, 0.2) is 6.10 Å². The van der Waals surface area contributed by atoms with Gasteiger partial charge in [0.1, 0.15) is 17.1 Å². The molecule has 1 heterocycles. The van der Waals surface area contributed by atoms with Crippen LogP contribution in [0, 0.1) is 20.8 Å². The van der Waals surface area contributed by atoms with Gasteiger partial charge in [0.25, 0.3) is 0 Å². The molecule has 0 amide bonds. The molecular weight excluding hydrogens is 332 g/mol. The maximum absolute atomic E-state index is 12.3. The number of carbonyl (C=O) groups excluding carboxylic acids is 1. The Morgan fingerprint density at radius 2 is 1.81 bits per heavy atom. The highest BCUT2D eigenvalue weighted by atomic mass is 16.6. The summed E-state index contributed by atoms with van der Waals surface area (Å²) in [6, 6.07) is 12.1. The standard InChI is InChI=1S/C21H20O5/c1-12-6-5-7-18(14(12)3)24-15(4)21(23)25-16-8-9-17-13(2)10-20(22)26-19(17)11-16/h5-11,15H,1-4H3. The van der Waals surface area contributed by atoms with Gasteiger partial charge in [0.2, 0.25) is 0 Å². The molecule has 0 saturated heterocycles. The van der Waals surface area contributed by atoms with Crippen LogP contribution < -0.4 is 15.1 Å². The molecule has 0 aliphatic heterocycles. The van der Waals surface area contributed by atoms with Crippen molar-refractivity contribution in [2.45, 2.75) is 33.8 Å². The Morgan fingerprint density at radius 3 is 2.58 bits per heavy atom. The minimum absolute atomic E-state index is 0.299. The van der Waals surface area contributed by atoms with Crippen LogP contribution in [0.4, 0.5) is 0 Å². The quantitative estimate of drug-likeness (QED) is 0.402. The molecule has 0 aliphatic rings. The van der Waals surface area contributed by atoms with Crippen LogP contribution >= 0.6 is 0 Å². The summed E-state index contributed by atoms with van der Waals surface area (Å²) in [7, 11) is 0. The van der Waals surface area contributed by atoms with E-state index in [1.165, 1.54) is 12.1 Å². The Balaban J connectivity index is 1.77. The van der Waals surface area contributed by atoms with Crippen molar-refractivity contribution in [1.82, 2.24) is 0 Å². The predicted molar refractivity (Wildman–Crippen MR) is 98.9 cm³/mol. The van der Waals surface area contributed by atoms with Crippen molar-refractivity contribution in [3.63, 3.8) is 0 Å². The van der Waals surface area contributed by atoms with Gasteiger partial charge in [-0.1, -0.05) is 12.1 Å². The molecule has 0 fully saturated rings. The SMILES string of the molecule is Cc1cccc(OC(C)C(=O)Oc2ccc3c(C)cc(=O)oc3c2)c1C. The second-order valence-corrected chi connectivity index (χ2v) is 6.29. The van der Waals surface area contributed by atoms with Crippen LogP contribution in [-0.2, 0) is 4.79 Å². The second-order valence-electron chi connectivity index (χ2n) is 6.29. The van der Waals surface area contributed by atoms with E-state index in [4.69, 9.17) is 13.9 Å². The van der Waals surface area contributed by atoms with E-state index < -0.39 is 17.7 Å². The summed E-state index contributed by atoms with van der Waals surface area (Å²) in [5, 5.41) is 0.795. The Labute approximate surface area is 151 Å². The maximum atomic E-state index is 12.3. The molecule has 1 atom stereocenters. The van der Waals surface area contributed by atoms with Crippen molar-refractivity contribution in [3.05, 3.63) is 69.6 Å². The molecule has 0 aliphatic carbocycles. The Bertz CT molecular complexity index is 1030. The normalized spacial score (nSPS) is 12.0. The number of hydrogen-bond donors (Lipinski definition) is 0. The lowest BCUT2D eigenvalue weighted by molar-refractivity contribution is -0.141. The largest absolute Gasteiger partial charge is 0.479 e. The molecule has 0 N–H and O–H groups in total. The Morgan fingerprint density at radius 1 is 1.04 bits per heavy atom. The topological polar surface area (TPSA) is 65.7 Å². The van der Waals surface area contributed by atoms with Gasteiger partial charge in [0, 0.05) is 17.5 Å². The van der Waals surface area contributed by atoms with Crippen LogP contribution in [-0.4, -0.2) is 12.1 Å². The number of fused-ring (bicyclic) bond motifs is 1. The third-order valence-electron chi connectivity index (χ3n) is 4.33. The monoisotopic (exact) mass is 352 g/mol. The summed E-state index contributed by atoms with van der Waals surface area (Å²) in [4.78, 5) is 23.9. The molecular formula is C21H20O5. The summed E-state index contributed by atoms with van der Waals surface area (Å²) < 4.78 is 16.3. The molecule has 1 aromatic heterocycles. The molecule has 5 heteroatoms. The smallest absolute Gasteiger partial charge is 0.352 e. The van der Waals surface area contributed by atoms with E-state index in [9.17, 15) is 9.59 Å². The maximum Gasteiger partial charge on any atom is 0.352 e. The number of benzene rings is 2. The molecule has 26 heavy (non-hydrogen) atoms. The fraction of sp³-hybridized carbons (Fsp3) is 0.238. The van der Waals surface area contributed by atoms with E-state index in [2.05, 4.69) is 0 Å². The Hall–Kier alpha value is -3.08. The molecule has 2 aromatic carbocycles. The second kappa shape index (κ2) is 7.04. The van der Waals surface area contributed by atoms with Crippen molar-refractivity contribution >= 4 is 16.9 Å². The zero-order valence-electron chi connectivity index (χ0n) is 15.2. The molecule has 0 bridgehead atoms. The molecule has 3 aromatic rings. The van der Waals surface area contributed by atoms with Crippen LogP contribution in [0.3, 0.4) is 0 Å². The van der Waals surface area contributed by atoms with E-state index in [1.54, 1.807) is 19.1 Å². The van der Waals surface area contributed by atoms with Crippen molar-refractivity contribution in [1.29, 1.82) is 0 Å². The van der Waals surface area contributed by atoms with Crippen molar-refractivity contribution in [3.8, 4) is 11.5 Å². The number of hydrogen-bond acceptors (Lipinski definition) is 5. The molecule has 134 valence electrons. The van der Waals surface area contributed by atoms with Crippen LogP contribution in [0.15, 0.2) is 51.7 Å². The highest BCUT2D eigenvalue weighted by Gasteiger charge is 2.19. The van der Waals surface area contributed by atoms with Crippen molar-refractivity contribution < 1.29 is 18.7 Å². The third kappa shape index (κ3) is 3.61. The fourth-order valence-corrected chi connectivity index (χ4v) is 2.66. The molecule has 5 nitrogen and oxygen atoms in total. The van der Waals surface area contributed by atoms with E-state index in [1.807, 2.05) is 39.0 Å². The van der Waals surface area contributed by atoms with Gasteiger partial charge in [-0.15, -0.1) is 0 Å². The van der Waals surface area contributed by atoms with E-state index in [0.29, 0.717) is 17.1 Å². The summed E-state index contributed by atoms with van der Waals surface area (Å²) >= 11 is 0. The first kappa shape index (κ1) is 17.7. The average Bonchev–Trinajstić information content (AvgIpc) is 2.58. The highest BCUT2D eigenvalue weighted by molar-refractivity contribution is 5.83. The van der Waals surface area contributed by atoms with Crippen molar-refractivity contribution in [2.24, 2.45) is 0 Å². The molecule has 0 radical (unpaired) electrons. The number of rotatable bonds is 4. The van der Waals surface area contributed by atoms with Crippen LogP contribution in [0.25, 0.3) is 11.0 Å². The minimum Gasteiger partial charge on any atom is -0.479 e. The summed E-state index contributed by atoms with van der Waals surface area (Å²) in [6.45, 7) is 7.38. The number of esters is 1. The number of ether oxygens (including phenoxy) is 2.